The first-order valence-electron chi connectivity index (χ1n) is 11.4. The normalized spacial score (nSPS) is 11.5. The molecule has 0 aliphatic carbocycles. The van der Waals surface area contributed by atoms with Crippen molar-refractivity contribution >= 4 is 21.7 Å². The Balaban J connectivity index is 1.88. The fourth-order valence-corrected chi connectivity index (χ4v) is 4.73. The van der Waals surface area contributed by atoms with Gasteiger partial charge < -0.3 is 0 Å². The second-order valence-corrected chi connectivity index (χ2v) is 9.14. The monoisotopic (exact) mass is 417 g/mol. The largest absolute Gasteiger partial charge is 0.331 e. The number of hydrogen-bond donors (Lipinski definition) is 0. The molecule has 0 aliphatic rings. The Morgan fingerprint density at radius 1 is 0.812 bits per heavy atom. The number of rotatable bonds is 4. The zero-order valence-electron chi connectivity index (χ0n) is 19.3. The summed E-state index contributed by atoms with van der Waals surface area (Å²) in [5.41, 5.74) is 7.28. The Kier molecular flexibility index (Phi) is 5.22. The standard InChI is InChI=1S/C30H29N2/c1-20(2)18-22-15-14-21(3)27(19-22)30-31-28-25-13-9-8-10-23(25)16-17-26(28)29(32(30)4)24-11-6-5-7-12-24/h5-17,19-20H,18H2,1-4H3/q+1. The molecule has 0 unspecified atom stereocenters. The van der Waals surface area contributed by atoms with Gasteiger partial charge in [0.1, 0.15) is 5.69 Å². The van der Waals surface area contributed by atoms with Crippen molar-refractivity contribution in [3.8, 4) is 22.6 Å². The molecule has 1 aromatic heterocycles. The van der Waals surface area contributed by atoms with Gasteiger partial charge in [-0.2, -0.15) is 0 Å². The molecule has 2 heteroatoms. The molecule has 32 heavy (non-hydrogen) atoms. The van der Waals surface area contributed by atoms with E-state index in [2.05, 4.69) is 117 Å². The van der Waals surface area contributed by atoms with E-state index >= 15 is 0 Å². The van der Waals surface area contributed by atoms with Crippen molar-refractivity contribution in [2.75, 3.05) is 0 Å². The Labute approximate surface area is 190 Å². The van der Waals surface area contributed by atoms with Gasteiger partial charge in [-0.05, 0) is 59.0 Å². The summed E-state index contributed by atoms with van der Waals surface area (Å²) in [6, 6.07) is 30.5. The summed E-state index contributed by atoms with van der Waals surface area (Å²) < 4.78 is 2.27. The van der Waals surface area contributed by atoms with Gasteiger partial charge in [0.2, 0.25) is 0 Å². The maximum atomic E-state index is 5.30. The van der Waals surface area contributed by atoms with Crippen molar-refractivity contribution in [2.24, 2.45) is 13.0 Å². The molecule has 5 aromatic rings. The molecule has 0 spiro atoms. The lowest BCUT2D eigenvalue weighted by molar-refractivity contribution is -0.650. The van der Waals surface area contributed by atoms with Crippen LogP contribution in [0.1, 0.15) is 25.0 Å². The molecule has 0 aliphatic heterocycles. The molecule has 0 bridgehead atoms. The topological polar surface area (TPSA) is 16.8 Å². The van der Waals surface area contributed by atoms with Crippen LogP contribution in [-0.4, -0.2) is 4.98 Å². The molecule has 0 fully saturated rings. The van der Waals surface area contributed by atoms with E-state index in [4.69, 9.17) is 4.98 Å². The smallest absolute Gasteiger partial charge is 0.225 e. The molecule has 5 rings (SSSR count). The zero-order valence-corrected chi connectivity index (χ0v) is 19.3. The van der Waals surface area contributed by atoms with Gasteiger partial charge in [-0.1, -0.05) is 80.6 Å². The number of nitrogens with zero attached hydrogens (tertiary/aromatic N) is 2. The molecule has 0 atom stereocenters. The van der Waals surface area contributed by atoms with Crippen molar-refractivity contribution in [2.45, 2.75) is 27.2 Å². The molecule has 0 saturated heterocycles. The Bertz CT molecular complexity index is 1430. The molecular weight excluding hydrogens is 388 g/mol. The van der Waals surface area contributed by atoms with Crippen LogP contribution in [0.5, 0.6) is 0 Å². The quantitative estimate of drug-likeness (QED) is 0.226. The minimum Gasteiger partial charge on any atom is -0.225 e. The van der Waals surface area contributed by atoms with Crippen molar-refractivity contribution in [1.29, 1.82) is 0 Å². The Hall–Kier alpha value is -3.52. The van der Waals surface area contributed by atoms with E-state index in [-0.39, 0.29) is 0 Å². The van der Waals surface area contributed by atoms with Crippen molar-refractivity contribution < 1.29 is 4.57 Å². The van der Waals surface area contributed by atoms with Gasteiger partial charge in [0.25, 0.3) is 0 Å². The third kappa shape index (κ3) is 3.56. The Morgan fingerprint density at radius 3 is 2.34 bits per heavy atom. The predicted molar refractivity (Wildman–Crippen MR) is 135 cm³/mol. The average molecular weight is 418 g/mol. The van der Waals surface area contributed by atoms with E-state index in [0.717, 1.165) is 17.8 Å². The molecule has 0 radical (unpaired) electrons. The predicted octanol–water partition coefficient (Wildman–Crippen LogP) is 7.05. The lowest BCUT2D eigenvalue weighted by Gasteiger charge is -2.13. The van der Waals surface area contributed by atoms with Crippen LogP contribution >= 0.6 is 0 Å². The fraction of sp³-hybridized carbons (Fsp3) is 0.200. The summed E-state index contributed by atoms with van der Waals surface area (Å²) in [6.07, 6.45) is 1.07. The summed E-state index contributed by atoms with van der Waals surface area (Å²) in [4.78, 5) is 5.30. The highest BCUT2D eigenvalue weighted by Crippen LogP contribution is 2.33. The van der Waals surface area contributed by atoms with Crippen LogP contribution in [0.3, 0.4) is 0 Å². The van der Waals surface area contributed by atoms with E-state index in [1.54, 1.807) is 0 Å². The number of hydrogen-bond acceptors (Lipinski definition) is 1. The number of fused-ring (bicyclic) bond motifs is 3. The SMILES string of the molecule is Cc1ccc(CC(C)C)cc1-c1nc2c(ccc3ccccc32)c(-c2ccccc2)[n+]1C. The van der Waals surface area contributed by atoms with Crippen LogP contribution in [0, 0.1) is 12.8 Å². The maximum Gasteiger partial charge on any atom is 0.331 e. The third-order valence-electron chi connectivity index (χ3n) is 6.26. The first-order chi connectivity index (χ1) is 15.5. The van der Waals surface area contributed by atoms with Crippen LogP contribution in [0.15, 0.2) is 84.9 Å². The molecular formula is C30H29N2+. The fourth-order valence-electron chi connectivity index (χ4n) is 4.73. The van der Waals surface area contributed by atoms with Gasteiger partial charge in [-0.15, -0.1) is 0 Å². The number of benzene rings is 4. The third-order valence-corrected chi connectivity index (χ3v) is 6.26. The molecule has 0 saturated carbocycles. The first-order valence-corrected chi connectivity index (χ1v) is 11.4. The van der Waals surface area contributed by atoms with Crippen LogP contribution < -0.4 is 4.57 Å². The van der Waals surface area contributed by atoms with Gasteiger partial charge in [0.05, 0.1) is 18.0 Å². The van der Waals surface area contributed by atoms with Gasteiger partial charge in [-0.3, -0.25) is 0 Å². The highest BCUT2D eigenvalue weighted by atomic mass is 15.0. The summed E-state index contributed by atoms with van der Waals surface area (Å²) in [5.74, 6) is 1.63. The molecule has 0 N–H and O–H groups in total. The molecule has 0 amide bonds. The molecule has 158 valence electrons. The van der Waals surface area contributed by atoms with Crippen molar-refractivity contribution in [1.82, 2.24) is 4.98 Å². The summed E-state index contributed by atoms with van der Waals surface area (Å²) in [6.45, 7) is 6.73. The van der Waals surface area contributed by atoms with Gasteiger partial charge >= 0.3 is 5.82 Å². The molecule has 1 heterocycles. The van der Waals surface area contributed by atoms with Crippen LogP contribution in [0.4, 0.5) is 0 Å². The second kappa shape index (κ2) is 8.20. The summed E-state index contributed by atoms with van der Waals surface area (Å²) in [5, 5.41) is 3.59. The zero-order chi connectivity index (χ0) is 22.2. The lowest BCUT2D eigenvalue weighted by atomic mass is 9.97. The second-order valence-electron chi connectivity index (χ2n) is 9.14. The van der Waals surface area contributed by atoms with Crippen LogP contribution in [0.25, 0.3) is 44.3 Å². The minimum absolute atomic E-state index is 0.618. The number of aryl methyl sites for hydroxylation is 1. The van der Waals surface area contributed by atoms with E-state index in [1.165, 1.54) is 44.1 Å². The number of aromatic nitrogens is 2. The first kappa shape index (κ1) is 20.4. The van der Waals surface area contributed by atoms with Gasteiger partial charge in [0.15, 0.2) is 5.52 Å². The van der Waals surface area contributed by atoms with Gasteiger partial charge in [0, 0.05) is 10.9 Å². The highest BCUT2D eigenvalue weighted by Gasteiger charge is 2.25. The lowest BCUT2D eigenvalue weighted by Crippen LogP contribution is -2.35. The average Bonchev–Trinajstić information content (AvgIpc) is 2.80. The summed E-state index contributed by atoms with van der Waals surface area (Å²) in [7, 11) is 2.15. The molecule has 4 aromatic carbocycles. The van der Waals surface area contributed by atoms with E-state index in [0.29, 0.717) is 5.92 Å². The van der Waals surface area contributed by atoms with Crippen molar-refractivity contribution in [3.05, 3.63) is 96.1 Å². The van der Waals surface area contributed by atoms with Crippen molar-refractivity contribution in [3.63, 3.8) is 0 Å². The summed E-state index contributed by atoms with van der Waals surface area (Å²) >= 11 is 0. The van der Waals surface area contributed by atoms with Gasteiger partial charge in [-0.25, -0.2) is 4.57 Å². The van der Waals surface area contributed by atoms with Crippen LogP contribution in [-0.2, 0) is 13.5 Å². The van der Waals surface area contributed by atoms with E-state index in [9.17, 15) is 0 Å². The van der Waals surface area contributed by atoms with Crippen LogP contribution in [0.2, 0.25) is 0 Å². The molecule has 2 nitrogen and oxygen atoms in total. The minimum atomic E-state index is 0.618. The maximum absolute atomic E-state index is 5.30. The highest BCUT2D eigenvalue weighted by molar-refractivity contribution is 6.08. The Morgan fingerprint density at radius 2 is 1.56 bits per heavy atom. The van der Waals surface area contributed by atoms with E-state index in [1.807, 2.05) is 0 Å². The van der Waals surface area contributed by atoms with E-state index < -0.39 is 0 Å².